The molecule has 3 rings (SSSR count). The van der Waals surface area contributed by atoms with Gasteiger partial charge >= 0.3 is 5.97 Å². The third kappa shape index (κ3) is 4.03. The highest BCUT2D eigenvalue weighted by Crippen LogP contribution is 2.48. The molecule has 28 heavy (non-hydrogen) atoms. The van der Waals surface area contributed by atoms with Crippen LogP contribution in [0.25, 0.3) is 0 Å². The molecule has 1 aromatic carbocycles. The quantitative estimate of drug-likeness (QED) is 0.598. The van der Waals surface area contributed by atoms with Gasteiger partial charge in [-0.2, -0.15) is 0 Å². The van der Waals surface area contributed by atoms with Crippen LogP contribution >= 0.6 is 0 Å². The van der Waals surface area contributed by atoms with Crippen molar-refractivity contribution < 1.29 is 19.4 Å². The van der Waals surface area contributed by atoms with Crippen molar-refractivity contribution in [3.05, 3.63) is 41.1 Å². The number of aliphatic imine (C=N–C) groups is 1. The Balaban J connectivity index is 2.08. The maximum absolute atomic E-state index is 13.1. The predicted molar refractivity (Wildman–Crippen MR) is 108 cm³/mol. The Morgan fingerprint density at radius 3 is 2.75 bits per heavy atom. The molecule has 0 radical (unpaired) electrons. The zero-order valence-corrected chi connectivity index (χ0v) is 17.1. The van der Waals surface area contributed by atoms with E-state index >= 15 is 0 Å². The number of carbonyl (C=O) groups is 2. The van der Waals surface area contributed by atoms with Crippen LogP contribution in [0.3, 0.4) is 0 Å². The van der Waals surface area contributed by atoms with Crippen molar-refractivity contribution in [2.24, 2.45) is 16.3 Å². The SMILES string of the molecule is CCCCOC(=O)C1C(C)=NC2=C(C(=O)CC(C)(C)C2)[C@@H]1c1cccc(O)c1. The van der Waals surface area contributed by atoms with Crippen molar-refractivity contribution in [2.45, 2.75) is 59.3 Å². The van der Waals surface area contributed by atoms with E-state index in [9.17, 15) is 14.7 Å². The Morgan fingerprint density at radius 2 is 2.07 bits per heavy atom. The number of phenols is 1. The summed E-state index contributed by atoms with van der Waals surface area (Å²) >= 11 is 0. The Hall–Kier alpha value is -2.43. The molecule has 0 saturated heterocycles. The van der Waals surface area contributed by atoms with Crippen LogP contribution in [0.4, 0.5) is 0 Å². The number of hydrogen-bond donors (Lipinski definition) is 1. The van der Waals surface area contributed by atoms with E-state index in [2.05, 4.69) is 13.8 Å². The Bertz CT molecular complexity index is 850. The van der Waals surface area contributed by atoms with Crippen LogP contribution in [0, 0.1) is 11.3 Å². The first-order valence-corrected chi connectivity index (χ1v) is 10.0. The van der Waals surface area contributed by atoms with Crippen LogP contribution in [-0.2, 0) is 14.3 Å². The third-order valence-electron chi connectivity index (χ3n) is 5.53. The average Bonchev–Trinajstić information content (AvgIpc) is 2.59. The van der Waals surface area contributed by atoms with E-state index in [0.717, 1.165) is 24.1 Å². The summed E-state index contributed by atoms with van der Waals surface area (Å²) in [7, 11) is 0. The summed E-state index contributed by atoms with van der Waals surface area (Å²) in [5.41, 5.74) is 2.63. The van der Waals surface area contributed by atoms with Gasteiger partial charge in [0.15, 0.2) is 5.78 Å². The first-order chi connectivity index (χ1) is 13.2. The number of hydrogen-bond acceptors (Lipinski definition) is 5. The zero-order chi connectivity index (χ0) is 20.5. The van der Waals surface area contributed by atoms with E-state index in [4.69, 9.17) is 9.73 Å². The van der Waals surface area contributed by atoms with Gasteiger partial charge in [0.25, 0.3) is 0 Å². The average molecular weight is 383 g/mol. The van der Waals surface area contributed by atoms with Gasteiger partial charge in [0.1, 0.15) is 11.7 Å². The molecule has 1 heterocycles. The molecule has 1 aliphatic heterocycles. The van der Waals surface area contributed by atoms with Gasteiger partial charge in [-0.05, 0) is 42.9 Å². The van der Waals surface area contributed by atoms with Gasteiger partial charge in [0, 0.05) is 29.3 Å². The molecule has 5 heteroatoms. The standard InChI is InChI=1S/C23H29NO4/c1-5-6-10-28-22(27)19-14(2)24-17-12-23(3,4)13-18(26)21(17)20(19)15-8-7-9-16(25)11-15/h7-9,11,19-20,25H,5-6,10,12-13H2,1-4H3/t19?,20-/m1/s1. The van der Waals surface area contributed by atoms with Gasteiger partial charge in [-0.3, -0.25) is 14.6 Å². The van der Waals surface area contributed by atoms with E-state index in [1.54, 1.807) is 18.2 Å². The highest BCUT2D eigenvalue weighted by molar-refractivity contribution is 6.09. The number of ketones is 1. The molecule has 0 amide bonds. The maximum atomic E-state index is 13.1. The minimum atomic E-state index is -0.650. The van der Waals surface area contributed by atoms with Crippen LogP contribution in [-0.4, -0.2) is 29.2 Å². The lowest BCUT2D eigenvalue weighted by Gasteiger charge is -2.39. The lowest BCUT2D eigenvalue weighted by molar-refractivity contribution is -0.146. The highest BCUT2D eigenvalue weighted by Gasteiger charge is 2.46. The molecule has 1 unspecified atom stereocenters. The van der Waals surface area contributed by atoms with E-state index in [1.807, 2.05) is 19.9 Å². The summed E-state index contributed by atoms with van der Waals surface area (Å²) in [6.07, 6.45) is 2.85. The first kappa shape index (κ1) is 20.3. The Kier molecular flexibility index (Phi) is 5.73. The number of ether oxygens (including phenoxy) is 1. The number of rotatable bonds is 5. The second-order valence-corrected chi connectivity index (χ2v) is 8.63. The van der Waals surface area contributed by atoms with Crippen LogP contribution in [0.15, 0.2) is 40.5 Å². The fourth-order valence-electron chi connectivity index (χ4n) is 4.24. The molecule has 0 aromatic heterocycles. The number of benzene rings is 1. The Morgan fingerprint density at radius 1 is 1.32 bits per heavy atom. The second kappa shape index (κ2) is 7.90. The summed E-state index contributed by atoms with van der Waals surface area (Å²) in [6.45, 7) is 8.36. The molecule has 2 aliphatic rings. The lowest BCUT2D eigenvalue weighted by atomic mass is 9.67. The summed E-state index contributed by atoms with van der Waals surface area (Å²) in [6, 6.07) is 6.81. The molecule has 150 valence electrons. The molecule has 0 saturated carbocycles. The number of unbranched alkanes of at least 4 members (excludes halogenated alkanes) is 1. The van der Waals surface area contributed by atoms with Crippen molar-refractivity contribution in [3.8, 4) is 5.75 Å². The monoisotopic (exact) mass is 383 g/mol. The largest absolute Gasteiger partial charge is 0.508 e. The molecule has 1 aromatic rings. The summed E-state index contributed by atoms with van der Waals surface area (Å²) in [5.74, 6) is -1.34. The van der Waals surface area contributed by atoms with Crippen molar-refractivity contribution in [1.82, 2.24) is 0 Å². The fourth-order valence-corrected chi connectivity index (χ4v) is 4.24. The minimum absolute atomic E-state index is 0.0298. The van der Waals surface area contributed by atoms with Crippen molar-refractivity contribution in [2.75, 3.05) is 6.61 Å². The summed E-state index contributed by atoms with van der Waals surface area (Å²) in [4.78, 5) is 30.8. The second-order valence-electron chi connectivity index (χ2n) is 8.63. The molecule has 1 aliphatic carbocycles. The van der Waals surface area contributed by atoms with Crippen molar-refractivity contribution in [3.63, 3.8) is 0 Å². The fraction of sp³-hybridized carbons (Fsp3) is 0.522. The number of carbonyl (C=O) groups excluding carboxylic acids is 2. The smallest absolute Gasteiger partial charge is 0.315 e. The van der Waals surface area contributed by atoms with Crippen molar-refractivity contribution >= 4 is 17.5 Å². The van der Waals surface area contributed by atoms with Gasteiger partial charge in [-0.1, -0.05) is 39.3 Å². The molecule has 2 atom stereocenters. The number of phenolic OH excluding ortho intramolecular Hbond substituents is 1. The lowest BCUT2D eigenvalue weighted by Crippen LogP contribution is -2.39. The molecular formula is C23H29NO4. The van der Waals surface area contributed by atoms with Gasteiger partial charge < -0.3 is 9.84 Å². The van der Waals surface area contributed by atoms with E-state index in [-0.39, 0.29) is 22.9 Å². The number of allylic oxidation sites excluding steroid dienone is 2. The molecule has 0 bridgehead atoms. The molecule has 0 spiro atoms. The predicted octanol–water partition coefficient (Wildman–Crippen LogP) is 4.55. The Labute approximate surface area is 166 Å². The van der Waals surface area contributed by atoms with Crippen LogP contribution in [0.5, 0.6) is 5.75 Å². The van der Waals surface area contributed by atoms with E-state index in [0.29, 0.717) is 30.7 Å². The molecular weight excluding hydrogens is 354 g/mol. The number of aromatic hydroxyl groups is 1. The molecule has 5 nitrogen and oxygen atoms in total. The van der Waals surface area contributed by atoms with Crippen LogP contribution in [0.2, 0.25) is 0 Å². The number of esters is 1. The summed E-state index contributed by atoms with van der Waals surface area (Å²) in [5, 5.41) is 10.0. The van der Waals surface area contributed by atoms with Crippen molar-refractivity contribution in [1.29, 1.82) is 0 Å². The van der Waals surface area contributed by atoms with E-state index < -0.39 is 11.8 Å². The van der Waals surface area contributed by atoms with Crippen LogP contribution < -0.4 is 0 Å². The van der Waals surface area contributed by atoms with Crippen LogP contribution in [0.1, 0.15) is 64.9 Å². The third-order valence-corrected chi connectivity index (χ3v) is 5.53. The minimum Gasteiger partial charge on any atom is -0.508 e. The normalized spacial score (nSPS) is 23.9. The van der Waals surface area contributed by atoms with Gasteiger partial charge in [-0.25, -0.2) is 0 Å². The van der Waals surface area contributed by atoms with Gasteiger partial charge in [0.2, 0.25) is 0 Å². The number of Topliss-reactive ketones (excluding diaryl/α,β-unsaturated/α-hetero) is 1. The highest BCUT2D eigenvalue weighted by atomic mass is 16.5. The van der Waals surface area contributed by atoms with Gasteiger partial charge in [0.05, 0.1) is 6.61 Å². The maximum Gasteiger partial charge on any atom is 0.315 e. The topological polar surface area (TPSA) is 76.0 Å². The first-order valence-electron chi connectivity index (χ1n) is 10.0. The van der Waals surface area contributed by atoms with E-state index in [1.165, 1.54) is 0 Å². The zero-order valence-electron chi connectivity index (χ0n) is 17.1. The van der Waals surface area contributed by atoms with Gasteiger partial charge in [-0.15, -0.1) is 0 Å². The molecule has 0 fully saturated rings. The number of nitrogens with zero attached hydrogens (tertiary/aromatic N) is 1. The summed E-state index contributed by atoms with van der Waals surface area (Å²) < 4.78 is 5.51. The molecule has 1 N–H and O–H groups in total.